The number of phenolic OH excluding ortho intramolecular Hbond substituents is 1. The number of nitrogens with zero attached hydrogens (tertiary/aromatic N) is 1. The Hall–Kier alpha value is -1.59. The minimum absolute atomic E-state index is 0.0217. The molecule has 0 fully saturated rings. The molecule has 0 unspecified atom stereocenters. The van der Waals surface area contributed by atoms with Crippen LogP contribution >= 0.6 is 27.5 Å². The van der Waals surface area contributed by atoms with E-state index in [4.69, 9.17) is 11.6 Å². The molecule has 0 aliphatic carbocycles. The number of halogens is 2. The molecule has 2 aromatic rings. The number of hydrogen-bond donors (Lipinski definition) is 2. The maximum Gasteiger partial charge on any atom is 0.258 e. The predicted molar refractivity (Wildman–Crippen MR) is 73.0 cm³/mol. The summed E-state index contributed by atoms with van der Waals surface area (Å²) in [5.41, 5.74) is 0.549. The molecule has 1 aromatic heterocycles. The van der Waals surface area contributed by atoms with Gasteiger partial charge in [0.2, 0.25) is 0 Å². The fraction of sp³-hybridized carbons (Fsp3) is 0. The molecule has 92 valence electrons. The maximum atomic E-state index is 11.9. The average molecular weight is 328 g/mol. The smallest absolute Gasteiger partial charge is 0.258 e. The van der Waals surface area contributed by atoms with Crippen LogP contribution < -0.4 is 5.32 Å². The van der Waals surface area contributed by atoms with E-state index in [1.165, 1.54) is 12.3 Å². The first-order chi connectivity index (χ1) is 8.58. The van der Waals surface area contributed by atoms with Gasteiger partial charge in [-0.3, -0.25) is 4.79 Å². The molecular formula is C12H8BrClN2O2. The summed E-state index contributed by atoms with van der Waals surface area (Å²) in [6.45, 7) is 0. The molecule has 0 aliphatic heterocycles. The highest BCUT2D eigenvalue weighted by molar-refractivity contribution is 9.10. The Balaban J connectivity index is 2.27. The third-order valence-corrected chi connectivity index (χ3v) is 3.00. The molecule has 1 aromatic carbocycles. The zero-order chi connectivity index (χ0) is 13.1. The summed E-state index contributed by atoms with van der Waals surface area (Å²) < 4.78 is 0.743. The van der Waals surface area contributed by atoms with Gasteiger partial charge in [-0.2, -0.15) is 0 Å². The molecule has 4 nitrogen and oxygen atoms in total. The Labute approximate surface area is 117 Å². The second-order valence-electron chi connectivity index (χ2n) is 3.46. The number of carbonyl (C=O) groups is 1. The summed E-state index contributed by atoms with van der Waals surface area (Å²) in [6, 6.07) is 7.91. The molecule has 0 aliphatic rings. The van der Waals surface area contributed by atoms with Crippen LogP contribution in [0.25, 0.3) is 0 Å². The van der Waals surface area contributed by atoms with Crippen LogP contribution in [0.15, 0.2) is 41.0 Å². The van der Waals surface area contributed by atoms with Crippen molar-refractivity contribution in [3.05, 3.63) is 51.7 Å². The van der Waals surface area contributed by atoms with E-state index in [1.54, 1.807) is 24.3 Å². The van der Waals surface area contributed by atoms with Crippen LogP contribution in [0, 0.1) is 0 Å². The Morgan fingerprint density at radius 1 is 1.39 bits per heavy atom. The predicted octanol–water partition coefficient (Wildman–Crippen LogP) is 3.46. The number of carbonyl (C=O) groups excluding carboxylic acids is 1. The van der Waals surface area contributed by atoms with Gasteiger partial charge in [0.25, 0.3) is 5.91 Å². The first-order valence-electron chi connectivity index (χ1n) is 4.98. The van der Waals surface area contributed by atoms with E-state index in [0.29, 0.717) is 5.69 Å². The molecule has 0 atom stereocenters. The number of aromatic hydroxyl groups is 1. The van der Waals surface area contributed by atoms with Crippen molar-refractivity contribution < 1.29 is 9.90 Å². The normalized spacial score (nSPS) is 10.1. The zero-order valence-corrected chi connectivity index (χ0v) is 11.4. The van der Waals surface area contributed by atoms with Gasteiger partial charge in [-0.15, -0.1) is 0 Å². The summed E-state index contributed by atoms with van der Waals surface area (Å²) in [5, 5.41) is 12.3. The molecule has 2 rings (SSSR count). The number of anilines is 1. The fourth-order valence-corrected chi connectivity index (χ4v) is 1.92. The van der Waals surface area contributed by atoms with Gasteiger partial charge >= 0.3 is 0 Å². The van der Waals surface area contributed by atoms with Gasteiger partial charge in [0.05, 0.1) is 11.3 Å². The van der Waals surface area contributed by atoms with Crippen molar-refractivity contribution in [2.75, 3.05) is 5.32 Å². The largest absolute Gasteiger partial charge is 0.506 e. The van der Waals surface area contributed by atoms with Crippen LogP contribution in [0.1, 0.15) is 10.4 Å². The first-order valence-corrected chi connectivity index (χ1v) is 6.15. The monoisotopic (exact) mass is 326 g/mol. The Kier molecular flexibility index (Phi) is 3.84. The van der Waals surface area contributed by atoms with Gasteiger partial charge in [-0.05, 0) is 30.3 Å². The highest BCUT2D eigenvalue weighted by Gasteiger charge is 2.12. The van der Waals surface area contributed by atoms with Crippen LogP contribution in [0.2, 0.25) is 5.15 Å². The highest BCUT2D eigenvalue weighted by atomic mass is 79.9. The van der Waals surface area contributed by atoms with Crippen LogP contribution in [0.5, 0.6) is 5.75 Å². The van der Waals surface area contributed by atoms with E-state index in [1.807, 2.05) is 0 Å². The number of amides is 1. The van der Waals surface area contributed by atoms with Crippen LogP contribution in [0.4, 0.5) is 5.69 Å². The third-order valence-electron chi connectivity index (χ3n) is 2.21. The lowest BCUT2D eigenvalue weighted by atomic mass is 10.2. The van der Waals surface area contributed by atoms with Crippen molar-refractivity contribution in [3.8, 4) is 5.75 Å². The molecule has 0 radical (unpaired) electrons. The Bertz CT molecular complexity index is 604. The molecule has 2 N–H and O–H groups in total. The molecule has 0 saturated carbocycles. The van der Waals surface area contributed by atoms with E-state index in [2.05, 4.69) is 26.2 Å². The standard InChI is InChI=1S/C12H8BrClN2O2/c13-7-3-4-10(17)9(6-7)16-12(18)8-2-1-5-15-11(8)14/h1-6,17H,(H,16,18). The molecule has 0 spiro atoms. The molecule has 6 heteroatoms. The fourth-order valence-electron chi connectivity index (χ4n) is 1.35. The van der Waals surface area contributed by atoms with E-state index >= 15 is 0 Å². The summed E-state index contributed by atoms with van der Waals surface area (Å²) >= 11 is 9.07. The molecule has 1 amide bonds. The Morgan fingerprint density at radius 2 is 2.17 bits per heavy atom. The van der Waals surface area contributed by atoms with Gasteiger partial charge in [0, 0.05) is 10.7 Å². The number of phenols is 1. The molecule has 18 heavy (non-hydrogen) atoms. The van der Waals surface area contributed by atoms with Crippen LogP contribution in [0.3, 0.4) is 0 Å². The quantitative estimate of drug-likeness (QED) is 0.656. The lowest BCUT2D eigenvalue weighted by molar-refractivity contribution is 0.102. The number of pyridine rings is 1. The van der Waals surface area contributed by atoms with Gasteiger partial charge in [0.1, 0.15) is 10.9 Å². The van der Waals surface area contributed by atoms with Gasteiger partial charge < -0.3 is 10.4 Å². The van der Waals surface area contributed by atoms with Crippen molar-refractivity contribution >= 4 is 39.1 Å². The summed E-state index contributed by atoms with van der Waals surface area (Å²) in [7, 11) is 0. The number of nitrogens with one attached hydrogen (secondary N) is 1. The molecule has 1 heterocycles. The highest BCUT2D eigenvalue weighted by Crippen LogP contribution is 2.27. The van der Waals surface area contributed by atoms with Crippen LogP contribution in [-0.2, 0) is 0 Å². The van der Waals surface area contributed by atoms with Crippen LogP contribution in [-0.4, -0.2) is 16.0 Å². The molecular weight excluding hydrogens is 320 g/mol. The Morgan fingerprint density at radius 3 is 2.89 bits per heavy atom. The zero-order valence-electron chi connectivity index (χ0n) is 9.02. The van der Waals surface area contributed by atoms with E-state index in [9.17, 15) is 9.90 Å². The number of hydrogen-bond acceptors (Lipinski definition) is 3. The van der Waals surface area contributed by atoms with Crippen molar-refractivity contribution in [1.29, 1.82) is 0 Å². The maximum absolute atomic E-state index is 11.9. The topological polar surface area (TPSA) is 62.2 Å². The van der Waals surface area contributed by atoms with Gasteiger partial charge in [-0.25, -0.2) is 4.98 Å². The number of aromatic nitrogens is 1. The SMILES string of the molecule is O=C(Nc1cc(Br)ccc1O)c1cccnc1Cl. The molecule has 0 bridgehead atoms. The second kappa shape index (κ2) is 5.37. The summed E-state index contributed by atoms with van der Waals surface area (Å²) in [5.74, 6) is -0.451. The minimum Gasteiger partial charge on any atom is -0.506 e. The van der Waals surface area contributed by atoms with Gasteiger partial charge in [-0.1, -0.05) is 27.5 Å². The van der Waals surface area contributed by atoms with E-state index in [-0.39, 0.29) is 16.5 Å². The van der Waals surface area contributed by atoms with Crippen molar-refractivity contribution in [1.82, 2.24) is 4.98 Å². The summed E-state index contributed by atoms with van der Waals surface area (Å²) in [6.07, 6.45) is 1.50. The summed E-state index contributed by atoms with van der Waals surface area (Å²) in [4.78, 5) is 15.8. The molecule has 0 saturated heterocycles. The van der Waals surface area contributed by atoms with E-state index in [0.717, 1.165) is 4.47 Å². The third kappa shape index (κ3) is 2.80. The average Bonchev–Trinajstić information content (AvgIpc) is 2.34. The second-order valence-corrected chi connectivity index (χ2v) is 4.73. The number of rotatable bonds is 2. The van der Waals surface area contributed by atoms with E-state index < -0.39 is 5.91 Å². The van der Waals surface area contributed by atoms with Gasteiger partial charge in [0.15, 0.2) is 0 Å². The minimum atomic E-state index is -0.429. The van der Waals surface area contributed by atoms with Crippen molar-refractivity contribution in [2.24, 2.45) is 0 Å². The lowest BCUT2D eigenvalue weighted by Gasteiger charge is -2.08. The van der Waals surface area contributed by atoms with Crippen molar-refractivity contribution in [2.45, 2.75) is 0 Å². The lowest BCUT2D eigenvalue weighted by Crippen LogP contribution is -2.13. The first kappa shape index (κ1) is 12.9. The van der Waals surface area contributed by atoms with Crippen molar-refractivity contribution in [3.63, 3.8) is 0 Å². The number of benzene rings is 1.